The molecular formula is C18H18N4O3S. The highest BCUT2D eigenvalue weighted by Gasteiger charge is 2.19. The first kappa shape index (κ1) is 17.8. The van der Waals surface area contributed by atoms with Crippen LogP contribution in [0.15, 0.2) is 65.7 Å². The lowest BCUT2D eigenvalue weighted by Gasteiger charge is -2.11. The lowest BCUT2D eigenvalue weighted by atomic mass is 10.1. The molecule has 1 amide bonds. The average molecular weight is 370 g/mol. The number of aromatic amines is 1. The summed E-state index contributed by atoms with van der Waals surface area (Å²) in [5.41, 5.74) is 1.65. The molecule has 0 saturated heterocycles. The van der Waals surface area contributed by atoms with Crippen LogP contribution < -0.4 is 10.0 Å². The van der Waals surface area contributed by atoms with E-state index in [1.807, 2.05) is 30.3 Å². The number of H-pyrrole nitrogens is 1. The molecule has 1 aromatic heterocycles. The van der Waals surface area contributed by atoms with Crippen LogP contribution in [0.4, 0.5) is 5.82 Å². The summed E-state index contributed by atoms with van der Waals surface area (Å²) in [5.74, 6) is 0.0101. The summed E-state index contributed by atoms with van der Waals surface area (Å²) >= 11 is 0. The number of carbonyl (C=O) groups is 1. The standard InChI is InChI=1S/C18H18N4O3S/c1-13-7-8-15(18(23)21-17-9-10-19-22-17)11-16(13)26(24,25)20-12-14-5-3-2-4-6-14/h2-11,20H,12H2,1H3,(H2,19,21,22,23). The lowest BCUT2D eigenvalue weighted by Crippen LogP contribution is -2.24. The van der Waals surface area contributed by atoms with Crippen molar-refractivity contribution in [1.82, 2.24) is 14.9 Å². The van der Waals surface area contributed by atoms with Gasteiger partial charge in [-0.05, 0) is 30.2 Å². The smallest absolute Gasteiger partial charge is 0.256 e. The zero-order chi connectivity index (χ0) is 18.6. The Hall–Kier alpha value is -2.97. The number of rotatable bonds is 6. The molecule has 7 nitrogen and oxygen atoms in total. The first-order valence-electron chi connectivity index (χ1n) is 7.91. The minimum absolute atomic E-state index is 0.0747. The zero-order valence-electron chi connectivity index (χ0n) is 14.1. The SMILES string of the molecule is Cc1ccc(C(=O)Nc2ccn[nH]2)cc1S(=O)(=O)NCc1ccccc1. The zero-order valence-corrected chi connectivity index (χ0v) is 14.9. The largest absolute Gasteiger partial charge is 0.307 e. The molecule has 0 aliphatic rings. The summed E-state index contributed by atoms with van der Waals surface area (Å²) in [6.07, 6.45) is 1.51. The normalized spacial score (nSPS) is 11.3. The molecule has 0 atom stereocenters. The van der Waals surface area contributed by atoms with E-state index in [1.165, 1.54) is 12.3 Å². The summed E-state index contributed by atoms with van der Waals surface area (Å²) in [5, 5.41) is 8.99. The maximum Gasteiger partial charge on any atom is 0.256 e. The number of benzene rings is 2. The molecule has 3 N–H and O–H groups in total. The number of sulfonamides is 1. The van der Waals surface area contributed by atoms with Crippen LogP contribution in [0.5, 0.6) is 0 Å². The molecule has 0 saturated carbocycles. The Kier molecular flexibility index (Phi) is 5.15. The van der Waals surface area contributed by atoms with Crippen LogP contribution in [-0.2, 0) is 16.6 Å². The number of hydrogen-bond acceptors (Lipinski definition) is 4. The summed E-state index contributed by atoms with van der Waals surface area (Å²) in [7, 11) is -3.76. The molecule has 26 heavy (non-hydrogen) atoms. The van der Waals surface area contributed by atoms with Gasteiger partial charge in [0, 0.05) is 18.2 Å². The molecule has 0 fully saturated rings. The van der Waals surface area contributed by atoms with E-state index in [9.17, 15) is 13.2 Å². The second kappa shape index (κ2) is 7.51. The number of aryl methyl sites for hydroxylation is 1. The highest BCUT2D eigenvalue weighted by atomic mass is 32.2. The van der Waals surface area contributed by atoms with Gasteiger partial charge in [-0.1, -0.05) is 36.4 Å². The highest BCUT2D eigenvalue weighted by molar-refractivity contribution is 7.89. The number of carbonyl (C=O) groups excluding carboxylic acids is 1. The maximum atomic E-state index is 12.7. The van der Waals surface area contributed by atoms with Crippen molar-refractivity contribution in [2.45, 2.75) is 18.4 Å². The fraction of sp³-hybridized carbons (Fsp3) is 0.111. The van der Waals surface area contributed by atoms with Gasteiger partial charge in [-0.25, -0.2) is 13.1 Å². The van der Waals surface area contributed by atoms with Gasteiger partial charge in [-0.2, -0.15) is 5.10 Å². The topological polar surface area (TPSA) is 104 Å². The third-order valence-electron chi connectivity index (χ3n) is 3.80. The number of nitrogens with one attached hydrogen (secondary N) is 3. The van der Waals surface area contributed by atoms with Gasteiger partial charge < -0.3 is 5.32 Å². The van der Waals surface area contributed by atoms with Crippen molar-refractivity contribution in [1.29, 1.82) is 0 Å². The highest BCUT2D eigenvalue weighted by Crippen LogP contribution is 2.18. The van der Waals surface area contributed by atoms with Gasteiger partial charge in [0.1, 0.15) is 5.82 Å². The van der Waals surface area contributed by atoms with Gasteiger partial charge in [0.05, 0.1) is 11.1 Å². The molecule has 0 aliphatic carbocycles. The van der Waals surface area contributed by atoms with E-state index in [-0.39, 0.29) is 17.0 Å². The number of aromatic nitrogens is 2. The molecule has 2 aromatic carbocycles. The summed E-state index contributed by atoms with van der Waals surface area (Å²) < 4.78 is 27.9. The van der Waals surface area contributed by atoms with E-state index < -0.39 is 15.9 Å². The van der Waals surface area contributed by atoms with Crippen LogP contribution >= 0.6 is 0 Å². The van der Waals surface area contributed by atoms with E-state index in [0.717, 1.165) is 5.56 Å². The maximum absolute atomic E-state index is 12.7. The van der Waals surface area contributed by atoms with Crippen molar-refractivity contribution in [2.75, 3.05) is 5.32 Å². The lowest BCUT2D eigenvalue weighted by molar-refractivity contribution is 0.102. The molecule has 0 aliphatic heterocycles. The predicted molar refractivity (Wildman–Crippen MR) is 98.2 cm³/mol. The molecule has 3 rings (SSSR count). The number of amides is 1. The quantitative estimate of drug-likeness (QED) is 0.620. The van der Waals surface area contributed by atoms with Gasteiger partial charge in [0.25, 0.3) is 5.91 Å². The van der Waals surface area contributed by atoms with Gasteiger partial charge >= 0.3 is 0 Å². The Balaban J connectivity index is 1.81. The first-order valence-corrected chi connectivity index (χ1v) is 9.39. The second-order valence-corrected chi connectivity index (χ2v) is 7.45. The Bertz CT molecular complexity index is 1000. The van der Waals surface area contributed by atoms with Crippen LogP contribution in [0.3, 0.4) is 0 Å². The number of hydrogen-bond donors (Lipinski definition) is 3. The molecule has 8 heteroatoms. The van der Waals surface area contributed by atoms with E-state index in [1.54, 1.807) is 25.1 Å². The number of nitrogens with zero attached hydrogens (tertiary/aromatic N) is 1. The summed E-state index contributed by atoms with van der Waals surface area (Å²) in [6.45, 7) is 1.86. The van der Waals surface area contributed by atoms with Crippen molar-refractivity contribution in [3.8, 4) is 0 Å². The predicted octanol–water partition coefficient (Wildman–Crippen LogP) is 2.45. The van der Waals surface area contributed by atoms with E-state index in [2.05, 4.69) is 20.2 Å². The molecule has 0 radical (unpaired) electrons. The average Bonchev–Trinajstić information content (AvgIpc) is 3.14. The third kappa shape index (κ3) is 4.16. The van der Waals surface area contributed by atoms with Crippen molar-refractivity contribution in [3.05, 3.63) is 77.5 Å². The van der Waals surface area contributed by atoms with E-state index >= 15 is 0 Å². The Labute approximate surface area is 151 Å². The van der Waals surface area contributed by atoms with Crippen LogP contribution in [0, 0.1) is 6.92 Å². The fourth-order valence-electron chi connectivity index (χ4n) is 2.40. The van der Waals surface area contributed by atoms with Crippen LogP contribution in [-0.4, -0.2) is 24.5 Å². The first-order chi connectivity index (χ1) is 12.5. The van der Waals surface area contributed by atoms with Crippen LogP contribution in [0.1, 0.15) is 21.5 Å². The van der Waals surface area contributed by atoms with E-state index in [0.29, 0.717) is 11.4 Å². The van der Waals surface area contributed by atoms with Crippen molar-refractivity contribution >= 4 is 21.7 Å². The molecule has 1 heterocycles. The van der Waals surface area contributed by atoms with Crippen molar-refractivity contribution in [3.63, 3.8) is 0 Å². The minimum Gasteiger partial charge on any atom is -0.307 e. The summed E-state index contributed by atoms with van der Waals surface area (Å²) in [4.78, 5) is 12.4. The Morgan fingerprint density at radius 3 is 2.58 bits per heavy atom. The molecule has 0 bridgehead atoms. The van der Waals surface area contributed by atoms with Gasteiger partial charge in [0.2, 0.25) is 10.0 Å². The fourth-order valence-corrected chi connectivity index (χ4v) is 3.69. The summed E-state index contributed by atoms with van der Waals surface area (Å²) in [6, 6.07) is 15.4. The minimum atomic E-state index is -3.76. The molecule has 134 valence electrons. The van der Waals surface area contributed by atoms with Crippen molar-refractivity contribution in [2.24, 2.45) is 0 Å². The molecule has 0 unspecified atom stereocenters. The molecule has 3 aromatic rings. The van der Waals surface area contributed by atoms with E-state index in [4.69, 9.17) is 0 Å². The molecular weight excluding hydrogens is 352 g/mol. The van der Waals surface area contributed by atoms with Crippen LogP contribution in [0.2, 0.25) is 0 Å². The number of anilines is 1. The Morgan fingerprint density at radius 1 is 1.12 bits per heavy atom. The van der Waals surface area contributed by atoms with Gasteiger partial charge in [-0.15, -0.1) is 0 Å². The Morgan fingerprint density at radius 2 is 1.88 bits per heavy atom. The van der Waals surface area contributed by atoms with Gasteiger partial charge in [0.15, 0.2) is 0 Å². The van der Waals surface area contributed by atoms with Crippen LogP contribution in [0.25, 0.3) is 0 Å². The van der Waals surface area contributed by atoms with Gasteiger partial charge in [-0.3, -0.25) is 9.89 Å². The third-order valence-corrected chi connectivity index (χ3v) is 5.34. The molecule has 0 spiro atoms. The second-order valence-electron chi connectivity index (χ2n) is 5.71. The monoisotopic (exact) mass is 370 g/mol. The van der Waals surface area contributed by atoms with Crippen molar-refractivity contribution < 1.29 is 13.2 Å².